The summed E-state index contributed by atoms with van der Waals surface area (Å²) < 4.78 is 1.13. The molecule has 0 bridgehead atoms. The molecule has 4 rings (SSSR count). The highest BCUT2D eigenvalue weighted by atomic mass is 79.9. The second-order valence-corrected chi connectivity index (χ2v) is 8.36. The highest BCUT2D eigenvalue weighted by Gasteiger charge is 2.35. The second-order valence-electron chi connectivity index (χ2n) is 7.00. The van der Waals surface area contributed by atoms with Crippen molar-refractivity contribution in [1.29, 1.82) is 0 Å². The maximum atomic E-state index is 5.95. The summed E-state index contributed by atoms with van der Waals surface area (Å²) >= 11 is 9.56. The van der Waals surface area contributed by atoms with E-state index >= 15 is 0 Å². The van der Waals surface area contributed by atoms with Crippen LogP contribution in [0.15, 0.2) is 65.1 Å². The first-order chi connectivity index (χ1) is 11.9. The van der Waals surface area contributed by atoms with Gasteiger partial charge in [-0.25, -0.2) is 0 Å². The Balaban J connectivity index is 1.73. The number of benzene rings is 3. The third-order valence-electron chi connectivity index (χ3n) is 5.00. The predicted molar refractivity (Wildman–Crippen MR) is 112 cm³/mol. The summed E-state index contributed by atoms with van der Waals surface area (Å²) in [6.07, 6.45) is 4.29. The monoisotopic (exact) mass is 408 g/mol. The molecular formula is C23H18BrCl. The Morgan fingerprint density at radius 1 is 0.760 bits per heavy atom. The third-order valence-corrected chi connectivity index (χ3v) is 5.75. The fourth-order valence-corrected chi connectivity index (χ4v) is 4.08. The molecule has 0 radical (unpaired) electrons. The Morgan fingerprint density at radius 2 is 1.32 bits per heavy atom. The standard InChI is InChI=1S/C23H18BrCl/c1-23(2)21-13-16(4-3-15-5-9-18(25)10-6-15)7-11-19(21)20-12-8-17(24)14-22(20)23/h3-14H,1-2H3. The largest absolute Gasteiger partial charge is 0.0843 e. The topological polar surface area (TPSA) is 0 Å². The van der Waals surface area contributed by atoms with E-state index in [1.54, 1.807) is 0 Å². The van der Waals surface area contributed by atoms with E-state index in [-0.39, 0.29) is 5.41 Å². The van der Waals surface area contributed by atoms with E-state index in [0.29, 0.717) is 0 Å². The lowest BCUT2D eigenvalue weighted by Crippen LogP contribution is -2.15. The van der Waals surface area contributed by atoms with Crippen molar-refractivity contribution in [2.45, 2.75) is 19.3 Å². The summed E-state index contributed by atoms with van der Waals surface area (Å²) in [4.78, 5) is 0. The van der Waals surface area contributed by atoms with E-state index in [4.69, 9.17) is 11.6 Å². The van der Waals surface area contributed by atoms with Crippen molar-refractivity contribution in [3.63, 3.8) is 0 Å². The molecule has 0 N–H and O–H groups in total. The van der Waals surface area contributed by atoms with Crippen LogP contribution in [0.25, 0.3) is 23.3 Å². The number of halogens is 2. The molecule has 0 saturated heterocycles. The van der Waals surface area contributed by atoms with Crippen LogP contribution in [0.5, 0.6) is 0 Å². The Morgan fingerprint density at radius 3 is 2.04 bits per heavy atom. The smallest absolute Gasteiger partial charge is 0.0406 e. The van der Waals surface area contributed by atoms with Crippen molar-refractivity contribution >= 4 is 39.7 Å². The molecule has 0 spiro atoms. The molecule has 0 heterocycles. The average molecular weight is 410 g/mol. The average Bonchev–Trinajstić information content (AvgIpc) is 2.82. The van der Waals surface area contributed by atoms with Crippen molar-refractivity contribution < 1.29 is 0 Å². The van der Waals surface area contributed by atoms with Crippen molar-refractivity contribution in [3.8, 4) is 11.1 Å². The second kappa shape index (κ2) is 6.16. The normalized spacial score (nSPS) is 14.6. The first-order valence-corrected chi connectivity index (χ1v) is 9.51. The van der Waals surface area contributed by atoms with E-state index in [0.717, 1.165) is 15.1 Å². The quantitative estimate of drug-likeness (QED) is 0.383. The summed E-state index contributed by atoms with van der Waals surface area (Å²) in [6, 6.07) is 21.2. The van der Waals surface area contributed by atoms with Gasteiger partial charge in [-0.1, -0.05) is 89.9 Å². The van der Waals surface area contributed by atoms with E-state index < -0.39 is 0 Å². The minimum absolute atomic E-state index is 0.0125. The molecule has 25 heavy (non-hydrogen) atoms. The van der Waals surface area contributed by atoms with Crippen molar-refractivity contribution in [3.05, 3.63) is 92.4 Å². The number of fused-ring (bicyclic) bond motifs is 3. The lowest BCUT2D eigenvalue weighted by molar-refractivity contribution is 0.660. The molecule has 3 aromatic carbocycles. The molecule has 0 fully saturated rings. The molecular weight excluding hydrogens is 392 g/mol. The van der Waals surface area contributed by atoms with Gasteiger partial charge in [0.05, 0.1) is 0 Å². The van der Waals surface area contributed by atoms with Gasteiger partial charge in [0, 0.05) is 14.9 Å². The van der Waals surface area contributed by atoms with E-state index in [9.17, 15) is 0 Å². The zero-order valence-corrected chi connectivity index (χ0v) is 16.5. The molecule has 0 amide bonds. The van der Waals surface area contributed by atoms with Crippen LogP contribution in [0.4, 0.5) is 0 Å². The highest BCUT2D eigenvalue weighted by Crippen LogP contribution is 2.49. The molecule has 0 aromatic heterocycles. The summed E-state index contributed by atoms with van der Waals surface area (Å²) in [6.45, 7) is 4.60. The maximum Gasteiger partial charge on any atom is 0.0406 e. The zero-order chi connectivity index (χ0) is 17.6. The zero-order valence-electron chi connectivity index (χ0n) is 14.2. The minimum atomic E-state index is 0.0125. The van der Waals surface area contributed by atoms with Gasteiger partial charge in [-0.15, -0.1) is 0 Å². The molecule has 2 heteroatoms. The first-order valence-electron chi connectivity index (χ1n) is 8.34. The van der Waals surface area contributed by atoms with Crippen molar-refractivity contribution in [1.82, 2.24) is 0 Å². The van der Waals surface area contributed by atoms with Gasteiger partial charge in [0.1, 0.15) is 0 Å². The molecule has 0 aliphatic heterocycles. The summed E-state index contributed by atoms with van der Waals surface area (Å²) in [5.41, 5.74) is 7.84. The number of rotatable bonds is 2. The molecule has 3 aromatic rings. The molecule has 0 nitrogen and oxygen atoms in total. The lowest BCUT2D eigenvalue weighted by Gasteiger charge is -2.21. The van der Waals surface area contributed by atoms with Crippen LogP contribution >= 0.6 is 27.5 Å². The van der Waals surface area contributed by atoms with Gasteiger partial charge in [0.2, 0.25) is 0 Å². The fourth-order valence-electron chi connectivity index (χ4n) is 3.60. The van der Waals surface area contributed by atoms with Gasteiger partial charge in [0.15, 0.2) is 0 Å². The Kier molecular flexibility index (Phi) is 4.10. The highest BCUT2D eigenvalue weighted by molar-refractivity contribution is 9.10. The SMILES string of the molecule is CC1(C)c2cc(Br)ccc2-c2ccc(C=Cc3ccc(Cl)cc3)cc21. The van der Waals surface area contributed by atoms with Gasteiger partial charge < -0.3 is 0 Å². The molecule has 124 valence electrons. The van der Waals surface area contributed by atoms with E-state index in [2.05, 4.69) is 78.3 Å². The number of hydrogen-bond acceptors (Lipinski definition) is 0. The maximum absolute atomic E-state index is 5.95. The predicted octanol–water partition coefficient (Wildman–Crippen LogP) is 7.58. The van der Waals surface area contributed by atoms with Crippen LogP contribution in [0.2, 0.25) is 5.02 Å². The molecule has 0 atom stereocenters. The third kappa shape index (κ3) is 2.96. The Labute approximate surface area is 162 Å². The Hall–Kier alpha value is -1.83. The van der Waals surface area contributed by atoms with E-state index in [1.807, 2.05) is 24.3 Å². The van der Waals surface area contributed by atoms with Crippen LogP contribution in [-0.4, -0.2) is 0 Å². The van der Waals surface area contributed by atoms with Crippen LogP contribution in [-0.2, 0) is 5.41 Å². The number of hydrogen-bond donors (Lipinski definition) is 0. The van der Waals surface area contributed by atoms with Gasteiger partial charge in [-0.05, 0) is 57.6 Å². The van der Waals surface area contributed by atoms with Gasteiger partial charge in [-0.3, -0.25) is 0 Å². The van der Waals surface area contributed by atoms with Crippen molar-refractivity contribution in [2.24, 2.45) is 0 Å². The Bertz CT molecular complexity index is 981. The van der Waals surface area contributed by atoms with Crippen LogP contribution in [0.3, 0.4) is 0 Å². The molecule has 1 aliphatic rings. The fraction of sp³-hybridized carbons (Fsp3) is 0.130. The summed E-state index contributed by atoms with van der Waals surface area (Å²) in [5.74, 6) is 0. The molecule has 0 unspecified atom stereocenters. The summed E-state index contributed by atoms with van der Waals surface area (Å²) in [5, 5.41) is 0.764. The van der Waals surface area contributed by atoms with Crippen LogP contribution in [0, 0.1) is 0 Å². The minimum Gasteiger partial charge on any atom is -0.0843 e. The molecule has 0 saturated carbocycles. The van der Waals surface area contributed by atoms with Crippen LogP contribution in [0.1, 0.15) is 36.1 Å². The van der Waals surface area contributed by atoms with E-state index in [1.165, 1.54) is 27.8 Å². The van der Waals surface area contributed by atoms with Gasteiger partial charge in [0.25, 0.3) is 0 Å². The van der Waals surface area contributed by atoms with Gasteiger partial charge in [-0.2, -0.15) is 0 Å². The first kappa shape index (κ1) is 16.6. The lowest BCUT2D eigenvalue weighted by atomic mass is 9.82. The van der Waals surface area contributed by atoms with Crippen molar-refractivity contribution in [2.75, 3.05) is 0 Å². The molecule has 1 aliphatic carbocycles. The van der Waals surface area contributed by atoms with Crippen LogP contribution < -0.4 is 0 Å². The van der Waals surface area contributed by atoms with Gasteiger partial charge >= 0.3 is 0 Å². The summed E-state index contributed by atoms with van der Waals surface area (Å²) in [7, 11) is 0.